The van der Waals surface area contributed by atoms with E-state index >= 15 is 0 Å². The average Bonchev–Trinajstić information content (AvgIpc) is 2.50. The lowest BCUT2D eigenvalue weighted by molar-refractivity contribution is 0.0911. The van der Waals surface area contributed by atoms with Crippen LogP contribution in [0.5, 0.6) is 5.75 Å². The predicted octanol–water partition coefficient (Wildman–Crippen LogP) is 2.30. The molecule has 0 aliphatic carbocycles. The summed E-state index contributed by atoms with van der Waals surface area (Å²) in [7, 11) is -4.91. The van der Waals surface area contributed by atoms with Crippen molar-refractivity contribution in [1.29, 1.82) is 0 Å². The number of Topliss-reactive ketones (excluding diaryl/α,β-unsaturated/α-hetero) is 2. The molecule has 27 heavy (non-hydrogen) atoms. The Morgan fingerprint density at radius 1 is 0.926 bits per heavy atom. The molecule has 0 bridgehead atoms. The van der Waals surface area contributed by atoms with Gasteiger partial charge in [-0.25, -0.2) is 4.57 Å². The molecule has 0 fully saturated rings. The van der Waals surface area contributed by atoms with Crippen LogP contribution in [0.4, 0.5) is 0 Å². The molecule has 0 amide bonds. The van der Waals surface area contributed by atoms with E-state index in [9.17, 15) is 23.9 Å². The highest BCUT2D eigenvalue weighted by molar-refractivity contribution is 7.46. The molecule has 152 valence electrons. The van der Waals surface area contributed by atoms with Gasteiger partial charge in [0.15, 0.2) is 11.6 Å². The summed E-state index contributed by atoms with van der Waals surface area (Å²) in [5, 5.41) is 6.10. The molecule has 1 rings (SSSR count). The van der Waals surface area contributed by atoms with Gasteiger partial charge < -0.3 is 15.2 Å². The van der Waals surface area contributed by atoms with E-state index in [1.54, 1.807) is 13.8 Å². The second-order valence-electron chi connectivity index (χ2n) is 7.08. The molecule has 0 aromatic heterocycles. The van der Waals surface area contributed by atoms with Crippen molar-refractivity contribution in [3.8, 4) is 5.75 Å². The van der Waals surface area contributed by atoms with Crippen molar-refractivity contribution < 1.29 is 28.5 Å². The lowest BCUT2D eigenvalue weighted by atomic mass is 9.93. The first-order valence-corrected chi connectivity index (χ1v) is 10.3. The van der Waals surface area contributed by atoms with Gasteiger partial charge in [0.2, 0.25) is 0 Å². The molecule has 2 atom stereocenters. The molecule has 1 aromatic carbocycles. The number of carbonyl (C=O) groups excluding carboxylic acids is 2. The molecule has 0 unspecified atom stereocenters. The number of hydrogen-bond donors (Lipinski definition) is 4. The maximum Gasteiger partial charge on any atom is 0.524 e. The van der Waals surface area contributed by atoms with Gasteiger partial charge in [0.05, 0.1) is 17.6 Å². The van der Waals surface area contributed by atoms with Gasteiger partial charge in [0.1, 0.15) is 5.75 Å². The molecule has 0 saturated heterocycles. The van der Waals surface area contributed by atoms with Crippen LogP contribution in [0.1, 0.15) is 62.3 Å². The molecule has 8 nitrogen and oxygen atoms in total. The van der Waals surface area contributed by atoms with Gasteiger partial charge in [0, 0.05) is 17.6 Å². The molecular formula is C18H29N2O6P. The van der Waals surface area contributed by atoms with E-state index < -0.39 is 25.7 Å². The van der Waals surface area contributed by atoms with Gasteiger partial charge in [-0.1, -0.05) is 39.8 Å². The second-order valence-corrected chi connectivity index (χ2v) is 8.24. The van der Waals surface area contributed by atoms with Crippen LogP contribution >= 0.6 is 7.82 Å². The largest absolute Gasteiger partial charge is 0.524 e. The third kappa shape index (κ3) is 7.16. The summed E-state index contributed by atoms with van der Waals surface area (Å²) in [4.78, 5) is 44.2. The molecule has 1 aromatic rings. The summed E-state index contributed by atoms with van der Waals surface area (Å²) in [6.07, 6.45) is 0. The number of ketones is 2. The van der Waals surface area contributed by atoms with Gasteiger partial charge in [-0.2, -0.15) is 0 Å². The topological polar surface area (TPSA) is 125 Å². The SMILES string of the molecule is CC(C)N[C@@H](C)C(=O)c1cccc(OP(=O)(O)O)c1C(=O)[C@H](C)NC(C)C. The van der Waals surface area contributed by atoms with Crippen molar-refractivity contribution in [3.05, 3.63) is 29.3 Å². The molecule has 0 heterocycles. The zero-order valence-electron chi connectivity index (χ0n) is 16.5. The lowest BCUT2D eigenvalue weighted by Crippen LogP contribution is -2.41. The van der Waals surface area contributed by atoms with Crippen LogP contribution in [0.25, 0.3) is 0 Å². The third-order valence-electron chi connectivity index (χ3n) is 3.71. The summed E-state index contributed by atoms with van der Waals surface area (Å²) in [6, 6.07) is 2.94. The van der Waals surface area contributed by atoms with E-state index in [-0.39, 0.29) is 34.7 Å². The predicted molar refractivity (Wildman–Crippen MR) is 103 cm³/mol. The Kier molecular flexibility index (Phi) is 8.32. The fourth-order valence-electron chi connectivity index (χ4n) is 2.80. The second kappa shape index (κ2) is 9.57. The van der Waals surface area contributed by atoms with Crippen LogP contribution in [-0.4, -0.2) is 45.5 Å². The third-order valence-corrected chi connectivity index (χ3v) is 4.14. The molecule has 0 spiro atoms. The lowest BCUT2D eigenvalue weighted by Gasteiger charge is -2.22. The first-order valence-electron chi connectivity index (χ1n) is 8.82. The fourth-order valence-corrected chi connectivity index (χ4v) is 3.20. The van der Waals surface area contributed by atoms with Crippen molar-refractivity contribution in [1.82, 2.24) is 10.6 Å². The number of phosphoric ester groups is 1. The number of hydrogen-bond acceptors (Lipinski definition) is 6. The minimum Gasteiger partial charge on any atom is -0.403 e. The molecule has 0 aliphatic rings. The zero-order chi connectivity index (χ0) is 20.9. The Balaban J connectivity index is 3.45. The molecular weight excluding hydrogens is 371 g/mol. The van der Waals surface area contributed by atoms with E-state index in [0.717, 1.165) is 0 Å². The Morgan fingerprint density at radius 3 is 1.85 bits per heavy atom. The first-order chi connectivity index (χ1) is 12.3. The normalized spacial score (nSPS) is 14.3. The maximum atomic E-state index is 13.0. The Hall–Kier alpha value is -1.57. The van der Waals surface area contributed by atoms with Crippen molar-refractivity contribution in [2.24, 2.45) is 0 Å². The Morgan fingerprint density at radius 2 is 1.41 bits per heavy atom. The van der Waals surface area contributed by atoms with Crippen LogP contribution < -0.4 is 15.2 Å². The van der Waals surface area contributed by atoms with E-state index in [1.807, 2.05) is 27.7 Å². The molecule has 4 N–H and O–H groups in total. The van der Waals surface area contributed by atoms with Gasteiger partial charge in [-0.05, 0) is 19.9 Å². The van der Waals surface area contributed by atoms with Crippen molar-refractivity contribution in [3.63, 3.8) is 0 Å². The molecule has 0 aliphatic heterocycles. The van der Waals surface area contributed by atoms with Crippen LogP contribution in [-0.2, 0) is 4.57 Å². The van der Waals surface area contributed by atoms with E-state index in [0.29, 0.717) is 0 Å². The highest BCUT2D eigenvalue weighted by Gasteiger charge is 2.30. The van der Waals surface area contributed by atoms with Gasteiger partial charge >= 0.3 is 7.82 Å². The van der Waals surface area contributed by atoms with Crippen LogP contribution in [0, 0.1) is 0 Å². The Labute approximate surface area is 159 Å². The highest BCUT2D eigenvalue weighted by Crippen LogP contribution is 2.40. The summed E-state index contributed by atoms with van der Waals surface area (Å²) < 4.78 is 16.0. The highest BCUT2D eigenvalue weighted by atomic mass is 31.2. The number of benzene rings is 1. The minimum absolute atomic E-state index is 0.000466. The number of phosphoric acid groups is 1. The quantitative estimate of drug-likeness (QED) is 0.348. The smallest absolute Gasteiger partial charge is 0.403 e. The van der Waals surface area contributed by atoms with Crippen molar-refractivity contribution >= 4 is 19.4 Å². The van der Waals surface area contributed by atoms with E-state index in [4.69, 9.17) is 4.52 Å². The van der Waals surface area contributed by atoms with Gasteiger partial charge in [-0.3, -0.25) is 19.4 Å². The van der Waals surface area contributed by atoms with Crippen molar-refractivity contribution in [2.45, 2.75) is 65.7 Å². The van der Waals surface area contributed by atoms with Gasteiger partial charge in [0.25, 0.3) is 0 Å². The summed E-state index contributed by atoms with van der Waals surface area (Å²) in [5.41, 5.74) is -0.0760. The van der Waals surface area contributed by atoms with Crippen LogP contribution in [0.2, 0.25) is 0 Å². The summed E-state index contributed by atoms with van der Waals surface area (Å²) in [5.74, 6) is -1.15. The van der Waals surface area contributed by atoms with Crippen LogP contribution in [0.15, 0.2) is 18.2 Å². The molecule has 0 radical (unpaired) electrons. The summed E-state index contributed by atoms with van der Waals surface area (Å²) >= 11 is 0. The number of nitrogens with one attached hydrogen (secondary N) is 2. The standard InChI is InChI=1S/C18H29N2O6P/c1-10(2)19-12(5)17(21)14-8-7-9-15(26-27(23,24)25)16(14)18(22)13(6)20-11(3)4/h7-13,19-20H,1-6H3,(H2,23,24,25)/t12-,13-/m0/s1. The average molecular weight is 400 g/mol. The summed E-state index contributed by atoms with van der Waals surface area (Å²) in [6.45, 7) is 10.8. The Bertz CT molecular complexity index is 729. The zero-order valence-corrected chi connectivity index (χ0v) is 17.4. The minimum atomic E-state index is -4.91. The van der Waals surface area contributed by atoms with Crippen molar-refractivity contribution in [2.75, 3.05) is 0 Å². The van der Waals surface area contributed by atoms with Gasteiger partial charge in [-0.15, -0.1) is 0 Å². The molecule has 9 heteroatoms. The van der Waals surface area contributed by atoms with E-state index in [1.165, 1.54) is 18.2 Å². The van der Waals surface area contributed by atoms with E-state index in [2.05, 4.69) is 10.6 Å². The monoisotopic (exact) mass is 400 g/mol. The first kappa shape index (κ1) is 23.5. The molecule has 0 saturated carbocycles. The fraction of sp³-hybridized carbons (Fsp3) is 0.556. The maximum absolute atomic E-state index is 13.0. The number of rotatable bonds is 10. The number of carbonyl (C=O) groups is 2. The van der Waals surface area contributed by atoms with Crippen LogP contribution in [0.3, 0.4) is 0 Å².